The van der Waals surface area contributed by atoms with Gasteiger partial charge < -0.3 is 10.1 Å². The molecule has 1 aromatic carbocycles. The number of ether oxygens (including phenoxy) is 1. The Morgan fingerprint density at radius 2 is 2.21 bits per heavy atom. The molecule has 2 aliphatic heterocycles. The standard InChI is InChI=1S/C12H15NO/c1-2-6-11-10(5-1)12-9(8-13-11)4-3-7-14-12/h1-2,5-6,9,12-13H,3-4,7-8H2. The van der Waals surface area contributed by atoms with Gasteiger partial charge in [-0.1, -0.05) is 18.2 Å². The molecule has 0 aromatic heterocycles. The van der Waals surface area contributed by atoms with Crippen LogP contribution in [0.1, 0.15) is 24.5 Å². The topological polar surface area (TPSA) is 21.3 Å². The summed E-state index contributed by atoms with van der Waals surface area (Å²) in [6.07, 6.45) is 2.86. The summed E-state index contributed by atoms with van der Waals surface area (Å²) in [7, 11) is 0. The fraction of sp³-hybridized carbons (Fsp3) is 0.500. The third-order valence-electron chi connectivity index (χ3n) is 3.27. The van der Waals surface area contributed by atoms with E-state index in [2.05, 4.69) is 29.6 Å². The molecule has 2 heterocycles. The van der Waals surface area contributed by atoms with Crippen molar-refractivity contribution in [3.05, 3.63) is 29.8 Å². The summed E-state index contributed by atoms with van der Waals surface area (Å²) < 4.78 is 5.87. The van der Waals surface area contributed by atoms with Gasteiger partial charge >= 0.3 is 0 Å². The summed E-state index contributed by atoms with van der Waals surface area (Å²) in [5.41, 5.74) is 2.61. The van der Waals surface area contributed by atoms with Gasteiger partial charge in [0.1, 0.15) is 0 Å². The molecule has 3 rings (SSSR count). The van der Waals surface area contributed by atoms with E-state index in [0.29, 0.717) is 12.0 Å². The van der Waals surface area contributed by atoms with E-state index in [1.807, 2.05) is 0 Å². The third kappa shape index (κ3) is 1.22. The number of hydrogen-bond acceptors (Lipinski definition) is 2. The first kappa shape index (κ1) is 8.30. The molecule has 1 saturated heterocycles. The van der Waals surface area contributed by atoms with Crippen molar-refractivity contribution in [2.45, 2.75) is 18.9 Å². The van der Waals surface area contributed by atoms with Crippen LogP contribution < -0.4 is 5.32 Å². The number of fused-ring (bicyclic) bond motifs is 3. The number of rotatable bonds is 0. The first-order valence-corrected chi connectivity index (χ1v) is 5.39. The van der Waals surface area contributed by atoms with Gasteiger partial charge in [-0.3, -0.25) is 0 Å². The molecular formula is C12H15NO. The second-order valence-electron chi connectivity index (χ2n) is 4.16. The van der Waals surface area contributed by atoms with Crippen LogP contribution in [0.3, 0.4) is 0 Å². The lowest BCUT2D eigenvalue weighted by Crippen LogP contribution is -2.32. The summed E-state index contributed by atoms with van der Waals surface area (Å²) >= 11 is 0. The maximum atomic E-state index is 5.87. The van der Waals surface area contributed by atoms with Gasteiger partial charge in [0.25, 0.3) is 0 Å². The van der Waals surface area contributed by atoms with Crippen LogP contribution in [-0.4, -0.2) is 13.2 Å². The van der Waals surface area contributed by atoms with Crippen molar-refractivity contribution in [3.63, 3.8) is 0 Å². The van der Waals surface area contributed by atoms with Gasteiger partial charge in [-0.2, -0.15) is 0 Å². The van der Waals surface area contributed by atoms with Gasteiger partial charge in [0.05, 0.1) is 6.10 Å². The van der Waals surface area contributed by atoms with E-state index in [0.717, 1.165) is 13.2 Å². The molecule has 1 fully saturated rings. The van der Waals surface area contributed by atoms with E-state index >= 15 is 0 Å². The number of anilines is 1. The first-order chi connectivity index (χ1) is 6.95. The second kappa shape index (κ2) is 3.28. The summed E-state index contributed by atoms with van der Waals surface area (Å²) in [5.74, 6) is 0.679. The molecule has 0 saturated carbocycles. The van der Waals surface area contributed by atoms with Crippen LogP contribution in [0.4, 0.5) is 5.69 Å². The molecule has 1 aromatic rings. The van der Waals surface area contributed by atoms with Crippen molar-refractivity contribution in [2.24, 2.45) is 5.92 Å². The van der Waals surface area contributed by atoms with Crippen LogP contribution in [0.25, 0.3) is 0 Å². The van der Waals surface area contributed by atoms with E-state index in [1.165, 1.54) is 24.1 Å². The van der Waals surface area contributed by atoms with Gasteiger partial charge in [-0.25, -0.2) is 0 Å². The molecule has 2 aliphatic rings. The van der Waals surface area contributed by atoms with E-state index in [1.54, 1.807) is 0 Å². The quantitative estimate of drug-likeness (QED) is 0.677. The average Bonchev–Trinajstić information content (AvgIpc) is 2.29. The molecule has 2 atom stereocenters. The highest BCUT2D eigenvalue weighted by Crippen LogP contribution is 2.40. The minimum atomic E-state index is 0.348. The van der Waals surface area contributed by atoms with E-state index in [-0.39, 0.29) is 0 Å². The Balaban J connectivity index is 1.99. The molecule has 1 N–H and O–H groups in total. The highest BCUT2D eigenvalue weighted by Gasteiger charge is 2.31. The van der Waals surface area contributed by atoms with Crippen LogP contribution in [0.2, 0.25) is 0 Å². The third-order valence-corrected chi connectivity index (χ3v) is 3.27. The van der Waals surface area contributed by atoms with Crippen LogP contribution in [0.15, 0.2) is 24.3 Å². The fourth-order valence-electron chi connectivity index (χ4n) is 2.54. The fourth-order valence-corrected chi connectivity index (χ4v) is 2.54. The summed E-state index contributed by atoms with van der Waals surface area (Å²) in [4.78, 5) is 0. The molecule has 14 heavy (non-hydrogen) atoms. The first-order valence-electron chi connectivity index (χ1n) is 5.39. The van der Waals surface area contributed by atoms with Crippen LogP contribution in [0.5, 0.6) is 0 Å². The molecule has 2 nitrogen and oxygen atoms in total. The molecule has 2 heteroatoms. The predicted octanol–water partition coefficient (Wildman–Crippen LogP) is 2.58. The van der Waals surface area contributed by atoms with E-state index in [9.17, 15) is 0 Å². The Morgan fingerprint density at radius 3 is 3.21 bits per heavy atom. The predicted molar refractivity (Wildman–Crippen MR) is 56.3 cm³/mol. The SMILES string of the molecule is c1ccc2c(c1)NCC1CCCOC21. The van der Waals surface area contributed by atoms with Crippen molar-refractivity contribution in [1.82, 2.24) is 0 Å². The zero-order valence-corrected chi connectivity index (χ0v) is 8.20. The normalized spacial score (nSPS) is 30.0. The second-order valence-corrected chi connectivity index (χ2v) is 4.16. The minimum Gasteiger partial charge on any atom is -0.384 e. The van der Waals surface area contributed by atoms with Gasteiger partial charge in [-0.05, 0) is 18.9 Å². The Hall–Kier alpha value is -1.02. The highest BCUT2D eigenvalue weighted by molar-refractivity contribution is 5.54. The largest absolute Gasteiger partial charge is 0.384 e. The maximum Gasteiger partial charge on any atom is 0.0889 e. The number of para-hydroxylation sites is 1. The van der Waals surface area contributed by atoms with Gasteiger partial charge in [0.15, 0.2) is 0 Å². The Bertz CT molecular complexity index is 337. The molecule has 2 unspecified atom stereocenters. The zero-order valence-electron chi connectivity index (χ0n) is 8.20. The van der Waals surface area contributed by atoms with Gasteiger partial charge in [-0.15, -0.1) is 0 Å². The number of hydrogen-bond donors (Lipinski definition) is 1. The van der Waals surface area contributed by atoms with Crippen molar-refractivity contribution >= 4 is 5.69 Å². The Labute approximate surface area is 84.3 Å². The lowest BCUT2D eigenvalue weighted by Gasteiger charge is -2.37. The van der Waals surface area contributed by atoms with Gasteiger partial charge in [0, 0.05) is 30.3 Å². The minimum absolute atomic E-state index is 0.348. The Morgan fingerprint density at radius 1 is 1.29 bits per heavy atom. The number of nitrogens with one attached hydrogen (secondary N) is 1. The van der Waals surface area contributed by atoms with Crippen molar-refractivity contribution in [2.75, 3.05) is 18.5 Å². The smallest absolute Gasteiger partial charge is 0.0889 e. The summed E-state index contributed by atoms with van der Waals surface area (Å²) in [6.45, 7) is 2.00. The van der Waals surface area contributed by atoms with E-state index < -0.39 is 0 Å². The number of benzene rings is 1. The van der Waals surface area contributed by atoms with Crippen molar-refractivity contribution in [3.8, 4) is 0 Å². The molecule has 0 spiro atoms. The average molecular weight is 189 g/mol. The molecule has 74 valence electrons. The lowest BCUT2D eigenvalue weighted by atomic mass is 9.86. The molecule has 0 bridgehead atoms. The van der Waals surface area contributed by atoms with Crippen LogP contribution >= 0.6 is 0 Å². The summed E-state index contributed by atoms with van der Waals surface area (Å²) in [6, 6.07) is 8.50. The maximum absolute atomic E-state index is 5.87. The van der Waals surface area contributed by atoms with E-state index in [4.69, 9.17) is 4.74 Å². The monoisotopic (exact) mass is 189 g/mol. The molecular weight excluding hydrogens is 174 g/mol. The molecule has 0 amide bonds. The van der Waals surface area contributed by atoms with Crippen molar-refractivity contribution < 1.29 is 4.74 Å². The Kier molecular flexibility index (Phi) is 1.95. The van der Waals surface area contributed by atoms with Crippen LogP contribution in [-0.2, 0) is 4.74 Å². The van der Waals surface area contributed by atoms with Gasteiger partial charge in [0.2, 0.25) is 0 Å². The lowest BCUT2D eigenvalue weighted by molar-refractivity contribution is -0.0262. The molecule has 0 radical (unpaired) electrons. The van der Waals surface area contributed by atoms with Crippen LogP contribution in [0, 0.1) is 5.92 Å². The highest BCUT2D eigenvalue weighted by atomic mass is 16.5. The zero-order chi connectivity index (χ0) is 9.38. The summed E-state index contributed by atoms with van der Waals surface area (Å²) in [5, 5.41) is 3.48. The molecule has 0 aliphatic carbocycles. The van der Waals surface area contributed by atoms with Crippen molar-refractivity contribution in [1.29, 1.82) is 0 Å².